The van der Waals surface area contributed by atoms with E-state index in [-0.39, 0.29) is 28.4 Å². The molecule has 6 nitrogen and oxygen atoms in total. The molecule has 0 fully saturated rings. The van der Waals surface area contributed by atoms with Gasteiger partial charge < -0.3 is 10.0 Å². The third kappa shape index (κ3) is 6.17. The predicted octanol–water partition coefficient (Wildman–Crippen LogP) is 3.12. The molecule has 172 valence electrons. The standard InChI is InChI=1S/C24H32BFN2O4/c1-7-8-21(24(4,5)6)28(23(30)17-12-15(2)11-16(3)13-17)27-22(29)19-10-9-18(25(31)32)14-20(19)26/h9-14,21,31-32H,7-8H2,1-6H3,(H,27,29)/t21-/m1/s1. The molecular weight excluding hydrogens is 410 g/mol. The normalized spacial score (nSPS) is 12.3. The fourth-order valence-electron chi connectivity index (χ4n) is 3.78. The van der Waals surface area contributed by atoms with Crippen LogP contribution in [0.2, 0.25) is 0 Å². The maximum absolute atomic E-state index is 14.5. The van der Waals surface area contributed by atoms with Crippen LogP contribution >= 0.6 is 0 Å². The lowest BCUT2D eigenvalue weighted by Crippen LogP contribution is -2.56. The Morgan fingerprint density at radius 2 is 1.69 bits per heavy atom. The first-order valence-corrected chi connectivity index (χ1v) is 10.7. The smallest absolute Gasteiger partial charge is 0.423 e. The molecule has 0 saturated carbocycles. The van der Waals surface area contributed by atoms with Crippen LogP contribution in [0.3, 0.4) is 0 Å². The zero-order valence-corrected chi connectivity index (χ0v) is 19.6. The van der Waals surface area contributed by atoms with E-state index in [1.54, 1.807) is 12.1 Å². The molecule has 2 aromatic carbocycles. The monoisotopic (exact) mass is 442 g/mol. The number of carbonyl (C=O) groups is 2. The van der Waals surface area contributed by atoms with Gasteiger partial charge in [-0.1, -0.05) is 57.4 Å². The highest BCUT2D eigenvalue weighted by atomic mass is 19.1. The second kappa shape index (κ2) is 10.3. The average molecular weight is 442 g/mol. The Balaban J connectivity index is 2.48. The number of carbonyl (C=O) groups excluding carboxylic acids is 2. The van der Waals surface area contributed by atoms with Gasteiger partial charge in [-0.25, -0.2) is 9.40 Å². The minimum absolute atomic E-state index is 0.0687. The fourth-order valence-corrected chi connectivity index (χ4v) is 3.78. The maximum atomic E-state index is 14.5. The first-order chi connectivity index (χ1) is 14.8. The summed E-state index contributed by atoms with van der Waals surface area (Å²) in [4.78, 5) is 26.6. The number of halogens is 1. The van der Waals surface area contributed by atoms with E-state index < -0.39 is 18.8 Å². The molecule has 0 aliphatic carbocycles. The van der Waals surface area contributed by atoms with Gasteiger partial charge in [-0.05, 0) is 55.4 Å². The number of hydrogen-bond donors (Lipinski definition) is 3. The Hall–Kier alpha value is -2.71. The topological polar surface area (TPSA) is 89.9 Å². The zero-order chi connectivity index (χ0) is 24.2. The van der Waals surface area contributed by atoms with Crippen molar-refractivity contribution >= 4 is 24.4 Å². The van der Waals surface area contributed by atoms with Gasteiger partial charge in [-0.3, -0.25) is 15.0 Å². The van der Waals surface area contributed by atoms with Gasteiger partial charge in [0.25, 0.3) is 11.8 Å². The van der Waals surface area contributed by atoms with Crippen molar-refractivity contribution in [1.29, 1.82) is 0 Å². The van der Waals surface area contributed by atoms with Crippen LogP contribution in [0.1, 0.15) is 72.4 Å². The van der Waals surface area contributed by atoms with E-state index >= 15 is 0 Å². The van der Waals surface area contributed by atoms with Crippen molar-refractivity contribution in [3.05, 3.63) is 64.5 Å². The number of nitrogens with one attached hydrogen (secondary N) is 1. The van der Waals surface area contributed by atoms with Crippen LogP contribution in [0.4, 0.5) is 4.39 Å². The molecule has 8 heteroatoms. The predicted molar refractivity (Wildman–Crippen MR) is 124 cm³/mol. The largest absolute Gasteiger partial charge is 0.488 e. The van der Waals surface area contributed by atoms with Crippen molar-refractivity contribution in [1.82, 2.24) is 10.4 Å². The number of hydrazine groups is 1. The summed E-state index contributed by atoms with van der Waals surface area (Å²) in [6.07, 6.45) is 1.42. The number of aryl methyl sites for hydroxylation is 2. The number of amides is 2. The van der Waals surface area contributed by atoms with E-state index in [0.29, 0.717) is 12.0 Å². The molecule has 2 rings (SSSR count). The van der Waals surface area contributed by atoms with E-state index in [1.807, 2.05) is 47.6 Å². The summed E-state index contributed by atoms with van der Waals surface area (Å²) in [5, 5.41) is 19.8. The van der Waals surface area contributed by atoms with Gasteiger partial charge in [0.15, 0.2) is 0 Å². The Kier molecular flexibility index (Phi) is 8.21. The molecule has 0 aliphatic heterocycles. The van der Waals surface area contributed by atoms with Crippen molar-refractivity contribution in [2.24, 2.45) is 5.41 Å². The molecular formula is C24H32BFN2O4. The summed E-state index contributed by atoms with van der Waals surface area (Å²) >= 11 is 0. The highest BCUT2D eigenvalue weighted by molar-refractivity contribution is 6.58. The summed E-state index contributed by atoms with van der Waals surface area (Å²) in [6, 6.07) is 8.46. The Morgan fingerprint density at radius 3 is 2.16 bits per heavy atom. The van der Waals surface area contributed by atoms with E-state index in [9.17, 15) is 24.0 Å². The van der Waals surface area contributed by atoms with Gasteiger partial charge >= 0.3 is 7.12 Å². The SMILES string of the molecule is CCC[C@@H](N(NC(=O)c1ccc(B(O)O)cc1F)C(=O)c1cc(C)cc(C)c1)C(C)(C)C. The van der Waals surface area contributed by atoms with Gasteiger partial charge in [0.2, 0.25) is 0 Å². The third-order valence-corrected chi connectivity index (χ3v) is 5.32. The highest BCUT2D eigenvalue weighted by Gasteiger charge is 2.35. The molecule has 0 bridgehead atoms. The Morgan fingerprint density at radius 1 is 1.09 bits per heavy atom. The number of nitrogens with zero attached hydrogens (tertiary/aromatic N) is 1. The van der Waals surface area contributed by atoms with Crippen molar-refractivity contribution in [2.45, 2.75) is 60.4 Å². The average Bonchev–Trinajstić information content (AvgIpc) is 2.68. The number of benzene rings is 2. The first-order valence-electron chi connectivity index (χ1n) is 10.7. The molecule has 0 aromatic heterocycles. The molecule has 0 unspecified atom stereocenters. The van der Waals surface area contributed by atoms with Crippen molar-refractivity contribution in [3.8, 4) is 0 Å². The van der Waals surface area contributed by atoms with Crippen LogP contribution in [-0.2, 0) is 0 Å². The molecule has 0 radical (unpaired) electrons. The quantitative estimate of drug-likeness (QED) is 0.474. The van der Waals surface area contributed by atoms with Crippen LogP contribution in [0.15, 0.2) is 36.4 Å². The lowest BCUT2D eigenvalue weighted by Gasteiger charge is -2.40. The second-order valence-electron chi connectivity index (χ2n) is 9.28. The number of rotatable bonds is 6. The van der Waals surface area contributed by atoms with Gasteiger partial charge in [0, 0.05) is 5.56 Å². The summed E-state index contributed by atoms with van der Waals surface area (Å²) in [6.45, 7) is 11.7. The summed E-state index contributed by atoms with van der Waals surface area (Å²) in [7, 11) is -1.85. The lowest BCUT2D eigenvalue weighted by atomic mass is 9.80. The van der Waals surface area contributed by atoms with Crippen LogP contribution in [0.25, 0.3) is 0 Å². The summed E-state index contributed by atoms with van der Waals surface area (Å²) < 4.78 is 14.5. The first kappa shape index (κ1) is 25.6. The van der Waals surface area contributed by atoms with E-state index in [1.165, 1.54) is 17.1 Å². The van der Waals surface area contributed by atoms with Crippen molar-refractivity contribution < 1.29 is 24.0 Å². The Bertz CT molecular complexity index is 968. The minimum atomic E-state index is -1.85. The molecule has 2 amide bonds. The van der Waals surface area contributed by atoms with Gasteiger partial charge in [0.1, 0.15) is 5.82 Å². The van der Waals surface area contributed by atoms with Crippen LogP contribution in [-0.4, -0.2) is 40.0 Å². The molecule has 2 aromatic rings. The lowest BCUT2D eigenvalue weighted by molar-refractivity contribution is 0.0269. The Labute approximate surface area is 189 Å². The van der Waals surface area contributed by atoms with Crippen LogP contribution in [0, 0.1) is 25.1 Å². The van der Waals surface area contributed by atoms with Gasteiger partial charge in [-0.15, -0.1) is 0 Å². The number of hydrogen-bond acceptors (Lipinski definition) is 4. The molecule has 0 aliphatic rings. The molecule has 0 saturated heterocycles. The van der Waals surface area contributed by atoms with Gasteiger partial charge in [-0.2, -0.15) is 0 Å². The molecule has 1 atom stereocenters. The van der Waals surface area contributed by atoms with Crippen LogP contribution < -0.4 is 10.9 Å². The molecule has 0 spiro atoms. The van der Waals surface area contributed by atoms with Crippen molar-refractivity contribution in [3.63, 3.8) is 0 Å². The van der Waals surface area contributed by atoms with Crippen LogP contribution in [0.5, 0.6) is 0 Å². The van der Waals surface area contributed by atoms with Gasteiger partial charge in [0.05, 0.1) is 11.6 Å². The van der Waals surface area contributed by atoms with E-state index in [4.69, 9.17) is 0 Å². The fraction of sp³-hybridized carbons (Fsp3) is 0.417. The summed E-state index contributed by atoms with van der Waals surface area (Å²) in [5.74, 6) is -2.07. The molecule has 3 N–H and O–H groups in total. The summed E-state index contributed by atoms with van der Waals surface area (Å²) in [5.41, 5.74) is 4.19. The minimum Gasteiger partial charge on any atom is -0.423 e. The molecule has 0 heterocycles. The molecule has 32 heavy (non-hydrogen) atoms. The zero-order valence-electron chi connectivity index (χ0n) is 19.6. The second-order valence-corrected chi connectivity index (χ2v) is 9.28. The highest BCUT2D eigenvalue weighted by Crippen LogP contribution is 2.29. The van der Waals surface area contributed by atoms with Crippen molar-refractivity contribution in [2.75, 3.05) is 0 Å². The van der Waals surface area contributed by atoms with E-state index in [2.05, 4.69) is 5.43 Å². The van der Waals surface area contributed by atoms with E-state index in [0.717, 1.165) is 23.6 Å². The third-order valence-electron chi connectivity index (χ3n) is 5.32. The maximum Gasteiger partial charge on any atom is 0.488 e.